The third kappa shape index (κ3) is 3.45. The van der Waals surface area contributed by atoms with Gasteiger partial charge in [-0.3, -0.25) is 9.82 Å². The van der Waals surface area contributed by atoms with Crippen molar-refractivity contribution in [2.24, 2.45) is 0 Å². The van der Waals surface area contributed by atoms with Crippen LogP contribution in [0.25, 0.3) is 0 Å². The second-order valence-electron chi connectivity index (χ2n) is 5.13. The molecule has 0 fully saturated rings. The highest BCUT2D eigenvalue weighted by Crippen LogP contribution is 2.23. The molecule has 0 unspecified atom stereocenters. The summed E-state index contributed by atoms with van der Waals surface area (Å²) < 4.78 is 45.2. The fourth-order valence-electron chi connectivity index (χ4n) is 2.34. The first-order chi connectivity index (χ1) is 10.5. The molecule has 2 N–H and O–H groups in total. The van der Waals surface area contributed by atoms with Gasteiger partial charge in [-0.15, -0.1) is 0 Å². The highest BCUT2D eigenvalue weighted by molar-refractivity contribution is 7.92. The Balaban J connectivity index is 1.67. The first-order valence-corrected chi connectivity index (χ1v) is 8.57. The van der Waals surface area contributed by atoms with E-state index in [2.05, 4.69) is 14.9 Å². The van der Waals surface area contributed by atoms with E-state index < -0.39 is 10.0 Å². The van der Waals surface area contributed by atoms with E-state index in [1.165, 1.54) is 12.1 Å². The number of hydrogen-bond donors (Lipinski definition) is 2. The highest BCUT2D eigenvalue weighted by atomic mass is 32.2. The maximum absolute atomic E-state index is 13.1. The monoisotopic (exact) mass is 325 g/mol. The lowest BCUT2D eigenvalue weighted by atomic mass is 10.1. The smallest absolute Gasteiger partial charge is 0.234 e. The molecule has 0 spiro atoms. The summed E-state index contributed by atoms with van der Waals surface area (Å²) in [6, 6.07) is 5.92. The van der Waals surface area contributed by atoms with Gasteiger partial charge in [-0.2, -0.15) is 5.10 Å². The molecule has 0 atom stereocenters. The molecule has 1 aliphatic heterocycles. The summed E-state index contributed by atoms with van der Waals surface area (Å²) in [6.45, 7) is 0.939. The van der Waals surface area contributed by atoms with Crippen molar-refractivity contribution in [3.63, 3.8) is 0 Å². The molecule has 8 heteroatoms. The maximum atomic E-state index is 13.1. The number of rotatable bonds is 5. The van der Waals surface area contributed by atoms with Gasteiger partial charge in [0.05, 0.1) is 19.0 Å². The lowest BCUT2D eigenvalue weighted by Crippen LogP contribution is -2.20. The molecule has 0 amide bonds. The molecule has 1 aliphatic rings. The zero-order valence-corrected chi connectivity index (χ0v) is 12.6. The van der Waals surface area contributed by atoms with Gasteiger partial charge in [0.25, 0.3) is 0 Å². The maximum Gasteiger partial charge on any atom is 0.234 e. The zero-order valence-electron chi connectivity index (χ0n) is 11.8. The minimum Gasteiger partial charge on any atom is -0.376 e. The number of ether oxygens (including phenoxy) is 1. The van der Waals surface area contributed by atoms with Crippen LogP contribution in [0.1, 0.15) is 16.8 Å². The van der Waals surface area contributed by atoms with Crippen molar-refractivity contribution in [1.29, 1.82) is 0 Å². The van der Waals surface area contributed by atoms with Crippen molar-refractivity contribution >= 4 is 15.8 Å². The molecule has 2 aromatic rings. The number of fused-ring (bicyclic) bond motifs is 1. The third-order valence-electron chi connectivity index (χ3n) is 3.50. The molecular formula is C14H16FN3O3S. The van der Waals surface area contributed by atoms with E-state index in [0.29, 0.717) is 25.2 Å². The number of aryl methyl sites for hydroxylation is 1. The van der Waals surface area contributed by atoms with Crippen molar-refractivity contribution in [1.82, 2.24) is 10.2 Å². The number of aromatic amines is 1. The van der Waals surface area contributed by atoms with Crippen LogP contribution >= 0.6 is 0 Å². The molecule has 0 saturated carbocycles. The van der Waals surface area contributed by atoms with Crippen LogP contribution < -0.4 is 4.72 Å². The number of nitrogens with one attached hydrogen (secondary N) is 2. The Hall–Kier alpha value is -1.93. The number of nitrogens with zero attached hydrogens (tertiary/aromatic N) is 1. The third-order valence-corrected chi connectivity index (χ3v) is 4.74. The minimum atomic E-state index is -3.56. The second kappa shape index (κ2) is 6.05. The van der Waals surface area contributed by atoms with Crippen LogP contribution in [-0.4, -0.2) is 31.0 Å². The SMILES string of the molecule is O=S(=O)(CCc1cccc(F)c1)Nc1n[nH]c2c1COCC2. The van der Waals surface area contributed by atoms with E-state index in [-0.39, 0.29) is 23.8 Å². The molecule has 1 aromatic carbocycles. The van der Waals surface area contributed by atoms with Gasteiger partial charge < -0.3 is 4.74 Å². The first kappa shape index (κ1) is 15.0. The molecule has 118 valence electrons. The topological polar surface area (TPSA) is 84.1 Å². The van der Waals surface area contributed by atoms with Crippen molar-refractivity contribution in [2.45, 2.75) is 19.4 Å². The van der Waals surface area contributed by atoms with Crippen molar-refractivity contribution in [2.75, 3.05) is 17.1 Å². The largest absolute Gasteiger partial charge is 0.376 e. The zero-order chi connectivity index (χ0) is 15.6. The Labute approximate surface area is 127 Å². The van der Waals surface area contributed by atoms with Gasteiger partial charge in [0, 0.05) is 17.7 Å². The summed E-state index contributed by atoms with van der Waals surface area (Å²) in [5.41, 5.74) is 2.28. The molecule has 6 nitrogen and oxygen atoms in total. The van der Waals surface area contributed by atoms with E-state index in [9.17, 15) is 12.8 Å². The predicted octanol–water partition coefficient (Wildman–Crippen LogP) is 1.61. The van der Waals surface area contributed by atoms with E-state index in [1.807, 2.05) is 0 Å². The van der Waals surface area contributed by atoms with E-state index in [4.69, 9.17) is 4.74 Å². The van der Waals surface area contributed by atoms with Gasteiger partial charge >= 0.3 is 0 Å². The average molecular weight is 325 g/mol. The van der Waals surface area contributed by atoms with Crippen LogP contribution in [0.3, 0.4) is 0 Å². The van der Waals surface area contributed by atoms with Crippen LogP contribution in [0, 0.1) is 5.82 Å². The Morgan fingerprint density at radius 1 is 1.41 bits per heavy atom. The number of sulfonamides is 1. The first-order valence-electron chi connectivity index (χ1n) is 6.92. The second-order valence-corrected chi connectivity index (χ2v) is 6.97. The summed E-state index contributed by atoms with van der Waals surface area (Å²) in [5.74, 6) is -0.228. The number of aromatic nitrogens is 2. The van der Waals surface area contributed by atoms with E-state index in [0.717, 1.165) is 11.3 Å². The number of benzene rings is 1. The molecule has 3 rings (SSSR count). The van der Waals surface area contributed by atoms with Gasteiger partial charge in [-0.25, -0.2) is 12.8 Å². The van der Waals surface area contributed by atoms with Crippen LogP contribution in [-0.2, 0) is 34.2 Å². The number of anilines is 1. The van der Waals surface area contributed by atoms with Gasteiger partial charge in [-0.1, -0.05) is 12.1 Å². The molecule has 0 bridgehead atoms. The lowest BCUT2D eigenvalue weighted by molar-refractivity contribution is 0.110. The van der Waals surface area contributed by atoms with E-state index >= 15 is 0 Å². The standard InChI is InChI=1S/C14H16FN3O3S/c15-11-3-1-2-10(8-11)5-7-22(19,20)18-14-12-9-21-6-4-13(12)16-17-14/h1-3,8H,4-7,9H2,(H2,16,17,18). The van der Waals surface area contributed by atoms with Crippen molar-refractivity contribution in [3.05, 3.63) is 46.9 Å². The van der Waals surface area contributed by atoms with Gasteiger partial charge in [0.15, 0.2) is 5.82 Å². The van der Waals surface area contributed by atoms with Gasteiger partial charge in [-0.05, 0) is 24.1 Å². The fourth-order valence-corrected chi connectivity index (χ4v) is 3.41. The molecule has 1 aromatic heterocycles. The molecule has 22 heavy (non-hydrogen) atoms. The summed E-state index contributed by atoms with van der Waals surface area (Å²) in [7, 11) is -3.56. The van der Waals surface area contributed by atoms with Crippen LogP contribution in [0.2, 0.25) is 0 Å². The van der Waals surface area contributed by atoms with Gasteiger partial charge in [0.2, 0.25) is 10.0 Å². The quantitative estimate of drug-likeness (QED) is 0.875. The lowest BCUT2D eigenvalue weighted by Gasteiger charge is -2.13. The molecule has 0 radical (unpaired) electrons. The predicted molar refractivity (Wildman–Crippen MR) is 79.5 cm³/mol. The Morgan fingerprint density at radius 3 is 3.09 bits per heavy atom. The normalized spacial score (nSPS) is 14.6. The fraction of sp³-hybridized carbons (Fsp3) is 0.357. The molecule has 0 saturated heterocycles. The summed E-state index contributed by atoms with van der Waals surface area (Å²) in [5, 5.41) is 6.82. The average Bonchev–Trinajstić information content (AvgIpc) is 2.88. The van der Waals surface area contributed by atoms with Crippen LogP contribution in [0.5, 0.6) is 0 Å². The summed E-state index contributed by atoms with van der Waals surface area (Å²) in [4.78, 5) is 0. The van der Waals surface area contributed by atoms with Crippen molar-refractivity contribution < 1.29 is 17.5 Å². The number of halogens is 1. The Bertz CT molecular complexity index is 773. The molecular weight excluding hydrogens is 309 g/mol. The highest BCUT2D eigenvalue weighted by Gasteiger charge is 2.21. The number of H-pyrrole nitrogens is 1. The number of hydrogen-bond acceptors (Lipinski definition) is 4. The molecule has 2 heterocycles. The molecule has 0 aliphatic carbocycles. The van der Waals surface area contributed by atoms with E-state index in [1.54, 1.807) is 12.1 Å². The van der Waals surface area contributed by atoms with Crippen LogP contribution in [0.4, 0.5) is 10.2 Å². The minimum absolute atomic E-state index is 0.140. The summed E-state index contributed by atoms with van der Waals surface area (Å²) in [6.07, 6.45) is 0.920. The van der Waals surface area contributed by atoms with Gasteiger partial charge in [0.1, 0.15) is 5.82 Å². The Morgan fingerprint density at radius 2 is 2.27 bits per heavy atom. The van der Waals surface area contributed by atoms with Crippen molar-refractivity contribution in [3.8, 4) is 0 Å². The summed E-state index contributed by atoms with van der Waals surface area (Å²) >= 11 is 0. The van der Waals surface area contributed by atoms with Crippen LogP contribution in [0.15, 0.2) is 24.3 Å². The Kier molecular flexibility index (Phi) is 4.12.